The molecule has 2 nitrogen and oxygen atoms in total. The molecule has 2 aromatic rings. The van der Waals surface area contributed by atoms with Crippen LogP contribution in [0.5, 0.6) is 0 Å². The Kier molecular flexibility index (Phi) is 6.53. The molecular formula is C23H29Cl2NO. The molecule has 0 bridgehead atoms. The molecule has 2 aliphatic heterocycles. The SMILES string of the molecule is C.CC(CCc1ccc(Cl)c(Cl)c1)N1CCC2(CC1)OCc1ccccc12. The number of halogens is 2. The first-order chi connectivity index (χ1) is 12.6. The Morgan fingerprint density at radius 1 is 1.07 bits per heavy atom. The molecule has 2 aliphatic rings. The van der Waals surface area contributed by atoms with Gasteiger partial charge in [-0.3, -0.25) is 0 Å². The first kappa shape index (κ1) is 20.7. The Morgan fingerprint density at radius 2 is 1.81 bits per heavy atom. The van der Waals surface area contributed by atoms with Gasteiger partial charge >= 0.3 is 0 Å². The van der Waals surface area contributed by atoms with Crippen molar-refractivity contribution < 1.29 is 4.74 Å². The monoisotopic (exact) mass is 405 g/mol. The van der Waals surface area contributed by atoms with Crippen LogP contribution in [0.4, 0.5) is 0 Å². The number of likely N-dealkylation sites (tertiary alicyclic amines) is 1. The van der Waals surface area contributed by atoms with Gasteiger partial charge in [-0.05, 0) is 61.4 Å². The molecule has 2 heterocycles. The quantitative estimate of drug-likeness (QED) is 0.577. The van der Waals surface area contributed by atoms with Crippen LogP contribution in [0.25, 0.3) is 0 Å². The summed E-state index contributed by atoms with van der Waals surface area (Å²) < 4.78 is 6.28. The van der Waals surface area contributed by atoms with Crippen molar-refractivity contribution in [1.82, 2.24) is 4.90 Å². The summed E-state index contributed by atoms with van der Waals surface area (Å²) in [6, 6.07) is 15.2. The summed E-state index contributed by atoms with van der Waals surface area (Å²) in [6.45, 7) is 5.29. The zero-order valence-electron chi connectivity index (χ0n) is 15.2. The van der Waals surface area contributed by atoms with Gasteiger partial charge in [0.2, 0.25) is 0 Å². The molecule has 2 aromatic carbocycles. The van der Waals surface area contributed by atoms with Crippen LogP contribution in [0.2, 0.25) is 10.0 Å². The third-order valence-corrected chi connectivity index (χ3v) is 6.82. The van der Waals surface area contributed by atoms with Crippen molar-refractivity contribution in [3.63, 3.8) is 0 Å². The van der Waals surface area contributed by atoms with Crippen LogP contribution >= 0.6 is 23.2 Å². The summed E-state index contributed by atoms with van der Waals surface area (Å²) in [5.41, 5.74) is 4.00. The van der Waals surface area contributed by atoms with Crippen LogP contribution in [0, 0.1) is 0 Å². The standard InChI is InChI=1S/C22H25Cl2NO.CH4/c1-16(6-7-17-8-9-20(23)21(24)14-17)25-12-10-22(11-13-25)19-5-3-2-4-18(19)15-26-22;/h2-5,8-9,14,16H,6-7,10-13,15H2,1H3;1H4. The average molecular weight is 406 g/mol. The first-order valence-corrected chi connectivity index (χ1v) is 10.2. The lowest BCUT2D eigenvalue weighted by Crippen LogP contribution is -2.46. The third kappa shape index (κ3) is 4.19. The third-order valence-electron chi connectivity index (χ3n) is 6.08. The highest BCUT2D eigenvalue weighted by molar-refractivity contribution is 6.42. The van der Waals surface area contributed by atoms with Gasteiger partial charge in [0.15, 0.2) is 0 Å². The van der Waals surface area contributed by atoms with E-state index in [1.807, 2.05) is 12.1 Å². The number of hydrogen-bond donors (Lipinski definition) is 0. The van der Waals surface area contributed by atoms with Gasteiger partial charge in [0, 0.05) is 19.1 Å². The molecule has 0 saturated carbocycles. The highest BCUT2D eigenvalue weighted by atomic mass is 35.5. The van der Waals surface area contributed by atoms with E-state index in [9.17, 15) is 0 Å². The van der Waals surface area contributed by atoms with Crippen LogP contribution in [0.3, 0.4) is 0 Å². The smallest absolute Gasteiger partial charge is 0.0963 e. The van der Waals surface area contributed by atoms with E-state index >= 15 is 0 Å². The maximum absolute atomic E-state index is 6.28. The molecule has 4 rings (SSSR count). The lowest BCUT2D eigenvalue weighted by atomic mass is 9.83. The van der Waals surface area contributed by atoms with Gasteiger partial charge in [-0.25, -0.2) is 0 Å². The van der Waals surface area contributed by atoms with Gasteiger partial charge in [0.1, 0.15) is 0 Å². The topological polar surface area (TPSA) is 12.5 Å². The normalized spacial score (nSPS) is 19.5. The van der Waals surface area contributed by atoms with Gasteiger partial charge in [-0.2, -0.15) is 0 Å². The number of nitrogens with zero attached hydrogens (tertiary/aromatic N) is 1. The van der Waals surface area contributed by atoms with Gasteiger partial charge < -0.3 is 9.64 Å². The molecule has 0 aliphatic carbocycles. The minimum atomic E-state index is -0.0451. The Hall–Kier alpha value is -1.06. The van der Waals surface area contributed by atoms with Gasteiger partial charge in [0.25, 0.3) is 0 Å². The summed E-state index contributed by atoms with van der Waals surface area (Å²) >= 11 is 12.1. The van der Waals surface area contributed by atoms with Gasteiger partial charge in [0.05, 0.1) is 22.3 Å². The van der Waals surface area contributed by atoms with Gasteiger partial charge in [-0.1, -0.05) is 61.0 Å². The zero-order valence-corrected chi connectivity index (χ0v) is 16.7. The van der Waals surface area contributed by atoms with Crippen molar-refractivity contribution in [3.05, 3.63) is 69.2 Å². The minimum Gasteiger partial charge on any atom is -0.365 e. The van der Waals surface area contributed by atoms with Crippen molar-refractivity contribution in [3.8, 4) is 0 Å². The highest BCUT2D eigenvalue weighted by Gasteiger charge is 2.42. The lowest BCUT2D eigenvalue weighted by Gasteiger charge is -2.41. The predicted octanol–water partition coefficient (Wildman–Crippen LogP) is 6.47. The van der Waals surface area contributed by atoms with Crippen molar-refractivity contribution in [1.29, 1.82) is 0 Å². The maximum atomic E-state index is 6.28. The van der Waals surface area contributed by atoms with E-state index in [1.54, 1.807) is 0 Å². The summed E-state index contributed by atoms with van der Waals surface area (Å²) in [5, 5.41) is 1.27. The zero-order chi connectivity index (χ0) is 18.1. The molecule has 0 N–H and O–H groups in total. The molecule has 27 heavy (non-hydrogen) atoms. The van der Waals surface area contributed by atoms with E-state index in [4.69, 9.17) is 27.9 Å². The number of fused-ring (bicyclic) bond motifs is 2. The second kappa shape index (κ2) is 8.53. The summed E-state index contributed by atoms with van der Waals surface area (Å²) in [4.78, 5) is 2.60. The highest BCUT2D eigenvalue weighted by Crippen LogP contribution is 2.44. The molecule has 0 radical (unpaired) electrons. The Bertz CT molecular complexity index is 784. The van der Waals surface area contributed by atoms with E-state index < -0.39 is 0 Å². The van der Waals surface area contributed by atoms with E-state index in [0.29, 0.717) is 16.1 Å². The van der Waals surface area contributed by atoms with E-state index in [2.05, 4.69) is 42.2 Å². The van der Waals surface area contributed by atoms with Crippen molar-refractivity contribution in [2.24, 2.45) is 0 Å². The Labute approximate surface area is 173 Å². The lowest BCUT2D eigenvalue weighted by molar-refractivity contribution is -0.0837. The summed E-state index contributed by atoms with van der Waals surface area (Å²) in [5.74, 6) is 0. The molecule has 1 fully saturated rings. The fraction of sp³-hybridized carbons (Fsp3) is 0.478. The molecule has 1 atom stereocenters. The molecule has 1 spiro atoms. The Morgan fingerprint density at radius 3 is 2.56 bits per heavy atom. The first-order valence-electron chi connectivity index (χ1n) is 9.48. The van der Waals surface area contributed by atoms with E-state index in [-0.39, 0.29) is 13.0 Å². The molecule has 4 heteroatoms. The number of piperidine rings is 1. The minimum absolute atomic E-state index is 0. The fourth-order valence-corrected chi connectivity index (χ4v) is 4.70. The molecule has 1 unspecified atom stereocenters. The van der Waals surface area contributed by atoms with Crippen molar-refractivity contribution in [2.75, 3.05) is 13.1 Å². The van der Waals surface area contributed by atoms with Crippen LogP contribution in [-0.4, -0.2) is 24.0 Å². The second-order valence-corrected chi connectivity index (χ2v) is 8.43. The second-order valence-electron chi connectivity index (χ2n) is 7.61. The number of rotatable bonds is 4. The van der Waals surface area contributed by atoms with Crippen LogP contribution in [0.1, 0.15) is 50.3 Å². The molecule has 146 valence electrons. The largest absolute Gasteiger partial charge is 0.365 e. The molecular weight excluding hydrogens is 377 g/mol. The number of ether oxygens (including phenoxy) is 1. The van der Waals surface area contributed by atoms with E-state index in [1.165, 1.54) is 16.7 Å². The molecule has 0 aromatic heterocycles. The van der Waals surface area contributed by atoms with Crippen molar-refractivity contribution >= 4 is 23.2 Å². The molecule has 1 saturated heterocycles. The van der Waals surface area contributed by atoms with Crippen LogP contribution < -0.4 is 0 Å². The maximum Gasteiger partial charge on any atom is 0.0963 e. The van der Waals surface area contributed by atoms with Gasteiger partial charge in [-0.15, -0.1) is 0 Å². The predicted molar refractivity (Wildman–Crippen MR) is 115 cm³/mol. The molecule has 0 amide bonds. The number of hydrogen-bond acceptors (Lipinski definition) is 2. The van der Waals surface area contributed by atoms with Crippen LogP contribution in [-0.2, 0) is 23.4 Å². The fourth-order valence-electron chi connectivity index (χ4n) is 4.38. The van der Waals surface area contributed by atoms with Crippen molar-refractivity contribution in [2.45, 2.75) is 58.3 Å². The number of benzene rings is 2. The summed E-state index contributed by atoms with van der Waals surface area (Å²) in [7, 11) is 0. The Balaban J connectivity index is 0.00000210. The van der Waals surface area contributed by atoms with Crippen LogP contribution in [0.15, 0.2) is 42.5 Å². The number of aryl methyl sites for hydroxylation is 1. The van der Waals surface area contributed by atoms with E-state index in [0.717, 1.165) is 45.4 Å². The summed E-state index contributed by atoms with van der Waals surface area (Å²) in [6.07, 6.45) is 4.32. The average Bonchev–Trinajstić information content (AvgIpc) is 3.02.